The molecule has 0 saturated carbocycles. The Hall–Kier alpha value is 0.210. The van der Waals surface area contributed by atoms with Crippen molar-refractivity contribution < 1.29 is 9.47 Å². The minimum atomic E-state index is 0.400. The molecule has 1 aliphatic rings. The Balaban J connectivity index is 0.000000280. The number of hydrogen-bond acceptors (Lipinski definition) is 2. The second-order valence-corrected chi connectivity index (χ2v) is 3.74. The first-order valence-corrected chi connectivity index (χ1v) is 6.13. The van der Waals surface area contributed by atoms with Crippen LogP contribution in [0.15, 0.2) is 0 Å². The summed E-state index contributed by atoms with van der Waals surface area (Å²) in [7, 11) is 0. The van der Waals surface area contributed by atoms with E-state index >= 15 is 0 Å². The van der Waals surface area contributed by atoms with E-state index in [1.165, 1.54) is 25.7 Å². The van der Waals surface area contributed by atoms with Crippen LogP contribution in [-0.4, -0.2) is 31.8 Å². The van der Waals surface area contributed by atoms with Crippen molar-refractivity contribution in [3.05, 3.63) is 0 Å². The lowest BCUT2D eigenvalue weighted by Gasteiger charge is -1.99. The Morgan fingerprint density at radius 1 is 1.21 bits per heavy atom. The standard InChI is InChI=1S/C8H18O.C3H5ClO/c1-3-5-7-9-8-6-4-2;4-1-3-2-5-3/h3-8H2,1-2H3;3H,1-2H2. The minimum Gasteiger partial charge on any atom is -0.381 e. The maximum Gasteiger partial charge on any atom is 0.0944 e. The predicted octanol–water partition coefficient (Wildman–Crippen LogP) is 3.23. The maximum absolute atomic E-state index is 5.31. The van der Waals surface area contributed by atoms with Gasteiger partial charge in [0.25, 0.3) is 0 Å². The molecule has 0 spiro atoms. The zero-order valence-electron chi connectivity index (χ0n) is 9.43. The molecule has 1 saturated heterocycles. The van der Waals surface area contributed by atoms with Crippen molar-refractivity contribution in [2.24, 2.45) is 0 Å². The van der Waals surface area contributed by atoms with E-state index in [4.69, 9.17) is 21.1 Å². The third kappa shape index (κ3) is 12.2. The highest BCUT2D eigenvalue weighted by Gasteiger charge is 2.19. The summed E-state index contributed by atoms with van der Waals surface area (Å²) in [5, 5.41) is 0. The molecule has 1 aliphatic heterocycles. The molecule has 0 aromatic carbocycles. The Bertz CT molecular complexity index is 99.5. The van der Waals surface area contributed by atoms with Crippen molar-refractivity contribution in [1.82, 2.24) is 0 Å². The highest BCUT2D eigenvalue weighted by atomic mass is 35.5. The first kappa shape index (κ1) is 14.2. The van der Waals surface area contributed by atoms with E-state index in [-0.39, 0.29) is 0 Å². The number of ether oxygens (including phenoxy) is 2. The molecule has 1 atom stereocenters. The normalized spacial score (nSPS) is 18.6. The predicted molar refractivity (Wildman–Crippen MR) is 61.1 cm³/mol. The first-order chi connectivity index (χ1) is 6.85. The lowest BCUT2D eigenvalue weighted by atomic mass is 10.3. The van der Waals surface area contributed by atoms with Crippen molar-refractivity contribution >= 4 is 11.6 Å². The summed E-state index contributed by atoms with van der Waals surface area (Å²) in [5.74, 6) is 0.667. The third-order valence-corrected chi connectivity index (χ3v) is 2.20. The molecule has 2 nitrogen and oxygen atoms in total. The van der Waals surface area contributed by atoms with Crippen molar-refractivity contribution in [3.8, 4) is 0 Å². The Morgan fingerprint density at radius 2 is 1.71 bits per heavy atom. The number of halogens is 1. The van der Waals surface area contributed by atoms with E-state index in [0.29, 0.717) is 12.0 Å². The van der Waals surface area contributed by atoms with E-state index in [1.54, 1.807) is 0 Å². The molecular formula is C11H23ClO2. The highest BCUT2D eigenvalue weighted by Crippen LogP contribution is 2.08. The smallest absolute Gasteiger partial charge is 0.0944 e. The van der Waals surface area contributed by atoms with Crippen LogP contribution in [0.25, 0.3) is 0 Å². The van der Waals surface area contributed by atoms with Crippen LogP contribution in [0.1, 0.15) is 39.5 Å². The summed E-state index contributed by atoms with van der Waals surface area (Å²) >= 11 is 5.27. The molecule has 0 amide bonds. The highest BCUT2D eigenvalue weighted by molar-refractivity contribution is 6.18. The van der Waals surface area contributed by atoms with Gasteiger partial charge in [-0.3, -0.25) is 0 Å². The van der Waals surface area contributed by atoms with E-state index in [9.17, 15) is 0 Å². The van der Waals surface area contributed by atoms with Crippen molar-refractivity contribution in [2.75, 3.05) is 25.7 Å². The second kappa shape index (κ2) is 11.3. The molecule has 0 N–H and O–H groups in total. The van der Waals surface area contributed by atoms with Crippen LogP contribution in [0.4, 0.5) is 0 Å². The second-order valence-electron chi connectivity index (χ2n) is 3.43. The van der Waals surface area contributed by atoms with Crippen LogP contribution >= 0.6 is 11.6 Å². The van der Waals surface area contributed by atoms with Gasteiger partial charge in [-0.25, -0.2) is 0 Å². The molecule has 3 heteroatoms. The average Bonchev–Trinajstić information content (AvgIpc) is 3.02. The van der Waals surface area contributed by atoms with Crippen LogP contribution in [0.3, 0.4) is 0 Å². The minimum absolute atomic E-state index is 0.400. The van der Waals surface area contributed by atoms with Gasteiger partial charge in [0.15, 0.2) is 0 Å². The van der Waals surface area contributed by atoms with Crippen molar-refractivity contribution in [1.29, 1.82) is 0 Å². The fourth-order valence-electron chi connectivity index (χ4n) is 0.752. The van der Waals surface area contributed by atoms with Gasteiger partial charge in [0.05, 0.1) is 18.6 Å². The summed E-state index contributed by atoms with van der Waals surface area (Å²) in [4.78, 5) is 0. The van der Waals surface area contributed by atoms with Gasteiger partial charge < -0.3 is 9.47 Å². The lowest BCUT2D eigenvalue weighted by molar-refractivity contribution is 0.128. The summed E-state index contributed by atoms with van der Waals surface area (Å²) in [6, 6.07) is 0. The van der Waals surface area contributed by atoms with Crippen LogP contribution in [0.5, 0.6) is 0 Å². The Labute approximate surface area is 92.9 Å². The molecule has 0 aromatic heterocycles. The van der Waals surface area contributed by atoms with Crippen molar-refractivity contribution in [3.63, 3.8) is 0 Å². The Kier molecular flexibility index (Phi) is 11.5. The molecule has 0 bridgehead atoms. The number of alkyl halides is 1. The molecule has 1 rings (SSSR count). The van der Waals surface area contributed by atoms with Gasteiger partial charge in [-0.1, -0.05) is 26.7 Å². The van der Waals surface area contributed by atoms with E-state index in [2.05, 4.69) is 13.8 Å². The first-order valence-electron chi connectivity index (χ1n) is 5.60. The van der Waals surface area contributed by atoms with Crippen LogP contribution in [0, 0.1) is 0 Å². The molecule has 1 fully saturated rings. The fourth-order valence-corrected chi connectivity index (χ4v) is 0.930. The summed E-state index contributed by atoms with van der Waals surface area (Å²) in [6.45, 7) is 7.16. The van der Waals surface area contributed by atoms with E-state index in [1.807, 2.05) is 0 Å². The molecular weight excluding hydrogens is 200 g/mol. The number of epoxide rings is 1. The summed E-state index contributed by atoms with van der Waals surface area (Å²) in [6.07, 6.45) is 5.31. The number of hydrogen-bond donors (Lipinski definition) is 0. The molecule has 14 heavy (non-hydrogen) atoms. The number of rotatable bonds is 7. The van der Waals surface area contributed by atoms with Crippen molar-refractivity contribution in [2.45, 2.75) is 45.6 Å². The van der Waals surface area contributed by atoms with Gasteiger partial charge in [-0.15, -0.1) is 11.6 Å². The Morgan fingerprint density at radius 3 is 1.93 bits per heavy atom. The van der Waals surface area contributed by atoms with Gasteiger partial charge in [0, 0.05) is 13.2 Å². The molecule has 1 unspecified atom stereocenters. The van der Waals surface area contributed by atoms with Gasteiger partial charge in [0.2, 0.25) is 0 Å². The SMILES string of the molecule is CCCCOCCCC.ClCC1CO1. The van der Waals surface area contributed by atoms with Gasteiger partial charge >= 0.3 is 0 Å². The third-order valence-electron chi connectivity index (χ3n) is 1.86. The largest absolute Gasteiger partial charge is 0.381 e. The summed E-state index contributed by atoms with van der Waals surface area (Å²) < 4.78 is 10.0. The molecule has 1 heterocycles. The van der Waals surface area contributed by atoms with Gasteiger partial charge in [-0.05, 0) is 12.8 Å². The number of unbranched alkanes of at least 4 members (excludes halogenated alkanes) is 2. The zero-order chi connectivity index (χ0) is 10.6. The van der Waals surface area contributed by atoms with Gasteiger partial charge in [-0.2, -0.15) is 0 Å². The van der Waals surface area contributed by atoms with E-state index in [0.717, 1.165) is 19.8 Å². The molecule has 0 aliphatic carbocycles. The molecule has 86 valence electrons. The molecule has 0 aromatic rings. The fraction of sp³-hybridized carbons (Fsp3) is 1.00. The lowest BCUT2D eigenvalue weighted by Crippen LogP contribution is -1.95. The maximum atomic E-state index is 5.31. The van der Waals surface area contributed by atoms with Crippen LogP contribution in [0.2, 0.25) is 0 Å². The van der Waals surface area contributed by atoms with Crippen LogP contribution in [-0.2, 0) is 9.47 Å². The summed E-state index contributed by atoms with van der Waals surface area (Å²) in [5.41, 5.74) is 0. The monoisotopic (exact) mass is 222 g/mol. The van der Waals surface area contributed by atoms with E-state index < -0.39 is 0 Å². The van der Waals surface area contributed by atoms with Gasteiger partial charge in [0.1, 0.15) is 0 Å². The quantitative estimate of drug-likeness (QED) is 0.375. The topological polar surface area (TPSA) is 21.8 Å². The zero-order valence-corrected chi connectivity index (χ0v) is 10.2. The average molecular weight is 223 g/mol. The molecule has 0 radical (unpaired) electrons. The van der Waals surface area contributed by atoms with Crippen LogP contribution < -0.4 is 0 Å².